The fourth-order valence-electron chi connectivity index (χ4n) is 3.48. The number of Topliss-reactive ketones (excluding diaryl/α,β-unsaturated/α-hetero) is 1. The maximum absolute atomic E-state index is 12.9. The number of likely N-dealkylation sites (tertiary alicyclic amines) is 1. The van der Waals surface area contributed by atoms with Gasteiger partial charge in [-0.2, -0.15) is 0 Å². The summed E-state index contributed by atoms with van der Waals surface area (Å²) in [6, 6.07) is 15.6. The van der Waals surface area contributed by atoms with Crippen LogP contribution in [0, 0.1) is 0 Å². The molecule has 158 valence electrons. The molecule has 3 rings (SSSR count). The number of carbonyl (C=O) groups excluding carboxylic acids is 2. The van der Waals surface area contributed by atoms with Crippen molar-refractivity contribution in [2.75, 3.05) is 33.8 Å². The average molecular weight is 408 g/mol. The van der Waals surface area contributed by atoms with Crippen LogP contribution in [0.2, 0.25) is 0 Å². The molecule has 6 nitrogen and oxygen atoms in total. The maximum Gasteiger partial charge on any atom is 0.295 e. The van der Waals surface area contributed by atoms with Crippen molar-refractivity contribution in [2.24, 2.45) is 0 Å². The third-order valence-corrected chi connectivity index (χ3v) is 5.04. The van der Waals surface area contributed by atoms with Crippen molar-refractivity contribution < 1.29 is 19.4 Å². The van der Waals surface area contributed by atoms with Gasteiger partial charge >= 0.3 is 0 Å². The van der Waals surface area contributed by atoms with Crippen LogP contribution in [0.4, 0.5) is 0 Å². The van der Waals surface area contributed by atoms with Gasteiger partial charge in [0.1, 0.15) is 11.5 Å². The first-order chi connectivity index (χ1) is 14.4. The summed E-state index contributed by atoms with van der Waals surface area (Å²) in [4.78, 5) is 29.2. The van der Waals surface area contributed by atoms with Gasteiger partial charge in [-0.1, -0.05) is 37.3 Å². The summed E-state index contributed by atoms with van der Waals surface area (Å²) < 4.78 is 5.58. The molecule has 1 fully saturated rings. The van der Waals surface area contributed by atoms with E-state index in [0.717, 1.165) is 12.0 Å². The van der Waals surface area contributed by atoms with Crippen LogP contribution in [0.15, 0.2) is 60.2 Å². The predicted octanol–water partition coefficient (Wildman–Crippen LogP) is 3.46. The number of aliphatic hydroxyl groups excluding tert-OH is 1. The third kappa shape index (κ3) is 4.54. The highest BCUT2D eigenvalue weighted by molar-refractivity contribution is 6.46. The van der Waals surface area contributed by atoms with Crippen molar-refractivity contribution >= 4 is 17.4 Å². The number of likely N-dealkylation sites (N-methyl/N-ethyl adjacent to an activating group) is 1. The van der Waals surface area contributed by atoms with Gasteiger partial charge in [-0.25, -0.2) is 0 Å². The first-order valence-corrected chi connectivity index (χ1v) is 10.1. The molecule has 30 heavy (non-hydrogen) atoms. The lowest BCUT2D eigenvalue weighted by Crippen LogP contribution is -2.35. The summed E-state index contributed by atoms with van der Waals surface area (Å²) in [5.41, 5.74) is 1.39. The van der Waals surface area contributed by atoms with Gasteiger partial charge in [0.25, 0.3) is 11.7 Å². The molecule has 1 saturated heterocycles. The van der Waals surface area contributed by atoms with Crippen LogP contribution < -0.4 is 4.74 Å². The molecule has 1 atom stereocenters. The molecule has 0 aromatic heterocycles. The third-order valence-electron chi connectivity index (χ3n) is 5.04. The zero-order chi connectivity index (χ0) is 21.7. The molecular weight excluding hydrogens is 380 g/mol. The van der Waals surface area contributed by atoms with Crippen LogP contribution in [0.25, 0.3) is 5.76 Å². The van der Waals surface area contributed by atoms with Crippen LogP contribution in [0.5, 0.6) is 5.75 Å². The van der Waals surface area contributed by atoms with Gasteiger partial charge in [0.15, 0.2) is 0 Å². The number of carbonyl (C=O) groups is 2. The standard InChI is InChI=1S/C24H28N2O4/c1-4-16-30-19-12-10-18(11-13-19)22(27)20-21(17-8-6-5-7-9-17)26(15-14-25(2)3)24(29)23(20)28/h5-13,21,27H,4,14-16H2,1-3H3. The average Bonchev–Trinajstić information content (AvgIpc) is 3.01. The van der Waals surface area contributed by atoms with Crippen molar-refractivity contribution in [1.29, 1.82) is 0 Å². The van der Waals surface area contributed by atoms with E-state index >= 15 is 0 Å². The van der Waals surface area contributed by atoms with Crippen molar-refractivity contribution in [3.05, 3.63) is 71.3 Å². The molecule has 1 aliphatic heterocycles. The molecule has 0 aliphatic carbocycles. The minimum atomic E-state index is -0.661. The number of hydrogen-bond acceptors (Lipinski definition) is 5. The van der Waals surface area contributed by atoms with E-state index in [2.05, 4.69) is 0 Å². The SMILES string of the molecule is CCCOc1ccc(C(O)=C2C(=O)C(=O)N(CCN(C)C)C2c2ccccc2)cc1. The van der Waals surface area contributed by atoms with Crippen LogP contribution in [0.3, 0.4) is 0 Å². The highest BCUT2D eigenvalue weighted by atomic mass is 16.5. The Morgan fingerprint density at radius 1 is 1.07 bits per heavy atom. The molecule has 1 aliphatic rings. The molecule has 0 saturated carbocycles. The van der Waals surface area contributed by atoms with E-state index in [1.54, 1.807) is 29.2 Å². The minimum Gasteiger partial charge on any atom is -0.507 e. The summed E-state index contributed by atoms with van der Waals surface area (Å²) in [6.07, 6.45) is 0.898. The Balaban J connectivity index is 2.03. The lowest BCUT2D eigenvalue weighted by atomic mass is 9.95. The number of ether oxygens (including phenoxy) is 1. The van der Waals surface area contributed by atoms with Gasteiger partial charge in [0, 0.05) is 18.7 Å². The van der Waals surface area contributed by atoms with Gasteiger partial charge in [0.2, 0.25) is 0 Å². The molecule has 6 heteroatoms. The van der Waals surface area contributed by atoms with Crippen LogP contribution in [-0.2, 0) is 9.59 Å². The highest BCUT2D eigenvalue weighted by Crippen LogP contribution is 2.39. The lowest BCUT2D eigenvalue weighted by molar-refractivity contribution is -0.140. The van der Waals surface area contributed by atoms with Crippen LogP contribution >= 0.6 is 0 Å². The zero-order valence-electron chi connectivity index (χ0n) is 17.7. The van der Waals surface area contributed by atoms with E-state index < -0.39 is 17.7 Å². The molecular formula is C24H28N2O4. The summed E-state index contributed by atoms with van der Waals surface area (Å²) in [7, 11) is 3.83. The number of nitrogens with zero attached hydrogens (tertiary/aromatic N) is 2. The Kier molecular flexibility index (Phi) is 6.90. The fraction of sp³-hybridized carbons (Fsp3) is 0.333. The molecule has 0 radical (unpaired) electrons. The van der Waals surface area contributed by atoms with Crippen molar-refractivity contribution in [3.8, 4) is 5.75 Å². The Bertz CT molecular complexity index is 920. The van der Waals surface area contributed by atoms with Gasteiger partial charge in [0.05, 0.1) is 18.2 Å². The first-order valence-electron chi connectivity index (χ1n) is 10.1. The lowest BCUT2D eigenvalue weighted by Gasteiger charge is -2.26. The number of rotatable bonds is 8. The second-order valence-corrected chi connectivity index (χ2v) is 7.58. The number of benzene rings is 2. The van der Waals surface area contributed by atoms with E-state index in [9.17, 15) is 14.7 Å². The molecule has 2 aromatic carbocycles. The van der Waals surface area contributed by atoms with E-state index in [-0.39, 0.29) is 11.3 Å². The first kappa shape index (κ1) is 21.6. The van der Waals surface area contributed by atoms with E-state index in [1.807, 2.05) is 56.3 Å². The van der Waals surface area contributed by atoms with E-state index in [4.69, 9.17) is 4.74 Å². The molecule has 2 aromatic rings. The zero-order valence-corrected chi connectivity index (χ0v) is 17.7. The van der Waals surface area contributed by atoms with Crippen LogP contribution in [-0.4, -0.2) is 60.4 Å². The number of hydrogen-bond donors (Lipinski definition) is 1. The second kappa shape index (κ2) is 9.59. The quantitative estimate of drug-likeness (QED) is 0.412. The summed E-state index contributed by atoms with van der Waals surface area (Å²) >= 11 is 0. The van der Waals surface area contributed by atoms with Gasteiger partial charge < -0.3 is 19.6 Å². The smallest absolute Gasteiger partial charge is 0.295 e. The van der Waals surface area contributed by atoms with Gasteiger partial charge in [-0.3, -0.25) is 9.59 Å². The van der Waals surface area contributed by atoms with Gasteiger partial charge in [-0.05, 0) is 50.3 Å². The summed E-state index contributed by atoms with van der Waals surface area (Å²) in [5, 5.41) is 11.0. The minimum absolute atomic E-state index is 0.118. The molecule has 0 bridgehead atoms. The van der Waals surface area contributed by atoms with Crippen molar-refractivity contribution in [3.63, 3.8) is 0 Å². The topological polar surface area (TPSA) is 70.1 Å². The van der Waals surface area contributed by atoms with Crippen molar-refractivity contribution in [1.82, 2.24) is 9.80 Å². The molecule has 1 N–H and O–H groups in total. The van der Waals surface area contributed by atoms with E-state index in [0.29, 0.717) is 31.0 Å². The molecule has 1 unspecified atom stereocenters. The van der Waals surface area contributed by atoms with E-state index in [1.165, 1.54) is 0 Å². The molecule has 1 heterocycles. The molecule has 0 spiro atoms. The second-order valence-electron chi connectivity index (χ2n) is 7.58. The Labute approximate surface area is 177 Å². The number of aliphatic hydroxyl groups is 1. The normalized spacial score (nSPS) is 18.3. The van der Waals surface area contributed by atoms with Gasteiger partial charge in [-0.15, -0.1) is 0 Å². The predicted molar refractivity (Wildman–Crippen MR) is 116 cm³/mol. The largest absolute Gasteiger partial charge is 0.507 e. The highest BCUT2D eigenvalue weighted by Gasteiger charge is 2.45. The number of amides is 1. The number of ketones is 1. The summed E-state index contributed by atoms with van der Waals surface area (Å²) in [5.74, 6) is -0.724. The fourth-order valence-corrected chi connectivity index (χ4v) is 3.48. The van der Waals surface area contributed by atoms with Crippen LogP contribution in [0.1, 0.15) is 30.5 Å². The Morgan fingerprint density at radius 2 is 1.73 bits per heavy atom. The monoisotopic (exact) mass is 408 g/mol. The molecule has 1 amide bonds. The Morgan fingerprint density at radius 3 is 2.33 bits per heavy atom. The summed E-state index contributed by atoms with van der Waals surface area (Å²) in [6.45, 7) is 3.63. The van der Waals surface area contributed by atoms with Crippen molar-refractivity contribution in [2.45, 2.75) is 19.4 Å². The Hall–Kier alpha value is -3.12. The maximum atomic E-state index is 12.9.